The summed E-state index contributed by atoms with van der Waals surface area (Å²) < 4.78 is 0. The Morgan fingerprint density at radius 2 is 1.96 bits per heavy atom. The van der Waals surface area contributed by atoms with E-state index in [9.17, 15) is 4.79 Å². The minimum absolute atomic E-state index is 0.0131. The Kier molecular flexibility index (Phi) is 6.45. The first-order valence-electron chi connectivity index (χ1n) is 9.11. The summed E-state index contributed by atoms with van der Waals surface area (Å²) in [5, 5.41) is 6.16. The maximum absolute atomic E-state index is 12.0. The van der Waals surface area contributed by atoms with Crippen molar-refractivity contribution in [2.75, 3.05) is 26.7 Å². The van der Waals surface area contributed by atoms with Gasteiger partial charge in [0.25, 0.3) is 0 Å². The average Bonchev–Trinajstić information content (AvgIpc) is 2.54. The molecule has 0 spiro atoms. The third-order valence-corrected chi connectivity index (χ3v) is 4.57. The number of hydrogen-bond donors (Lipinski definition) is 2. The highest BCUT2D eigenvalue weighted by atomic mass is 16.2. The van der Waals surface area contributed by atoms with E-state index in [0.717, 1.165) is 25.5 Å². The van der Waals surface area contributed by atoms with Crippen LogP contribution in [-0.2, 0) is 4.79 Å². The molecule has 1 aromatic carbocycles. The zero-order valence-electron chi connectivity index (χ0n) is 16.2. The number of hydrogen-bond acceptors (Lipinski definition) is 2. The van der Waals surface area contributed by atoms with Crippen LogP contribution in [0.3, 0.4) is 0 Å². The van der Waals surface area contributed by atoms with Crippen LogP contribution in [0.15, 0.2) is 35.3 Å². The zero-order valence-corrected chi connectivity index (χ0v) is 16.2. The number of rotatable bonds is 3. The molecule has 2 atom stereocenters. The average molecular weight is 345 g/mol. The van der Waals surface area contributed by atoms with Gasteiger partial charge in [0, 0.05) is 25.7 Å². The number of amides is 1. The number of guanidine groups is 1. The first-order chi connectivity index (χ1) is 11.8. The van der Waals surface area contributed by atoms with Gasteiger partial charge in [0.15, 0.2) is 5.96 Å². The summed E-state index contributed by atoms with van der Waals surface area (Å²) in [7, 11) is 1.78. The fourth-order valence-electron chi connectivity index (χ4n) is 3.49. The van der Waals surface area contributed by atoms with Crippen molar-refractivity contribution in [3.8, 4) is 0 Å². The van der Waals surface area contributed by atoms with Gasteiger partial charge < -0.3 is 15.5 Å². The number of piperidine rings is 1. The monoisotopic (exact) mass is 344 g/mol. The van der Waals surface area contributed by atoms with Crippen molar-refractivity contribution >= 4 is 11.9 Å². The van der Waals surface area contributed by atoms with Crippen LogP contribution in [0.5, 0.6) is 0 Å². The van der Waals surface area contributed by atoms with Crippen LogP contribution in [0.4, 0.5) is 0 Å². The number of aliphatic imine (C=N–C) groups is 1. The predicted molar refractivity (Wildman–Crippen MR) is 104 cm³/mol. The van der Waals surface area contributed by atoms with E-state index in [0.29, 0.717) is 11.8 Å². The van der Waals surface area contributed by atoms with Crippen LogP contribution in [-0.4, -0.2) is 49.0 Å². The summed E-state index contributed by atoms with van der Waals surface area (Å²) in [6.07, 6.45) is 1.10. The van der Waals surface area contributed by atoms with E-state index in [1.165, 1.54) is 5.56 Å². The highest BCUT2D eigenvalue weighted by Gasteiger charge is 2.28. The number of benzene rings is 1. The van der Waals surface area contributed by atoms with Crippen LogP contribution in [0, 0.1) is 5.92 Å². The SMILES string of the molecule is CN=C(NCC(=O)NC(C)(C)C)N1CCC(c2ccccc2)C(C)C1. The van der Waals surface area contributed by atoms with Gasteiger partial charge in [-0.25, -0.2) is 0 Å². The molecule has 5 nitrogen and oxygen atoms in total. The summed E-state index contributed by atoms with van der Waals surface area (Å²) in [5.41, 5.74) is 1.20. The Morgan fingerprint density at radius 1 is 1.28 bits per heavy atom. The number of nitrogens with one attached hydrogen (secondary N) is 2. The van der Waals surface area contributed by atoms with Crippen molar-refractivity contribution in [2.24, 2.45) is 10.9 Å². The van der Waals surface area contributed by atoms with Crippen molar-refractivity contribution in [2.45, 2.75) is 45.6 Å². The molecule has 0 aliphatic carbocycles. The molecule has 1 aromatic rings. The van der Waals surface area contributed by atoms with Crippen LogP contribution in [0.25, 0.3) is 0 Å². The summed E-state index contributed by atoms with van der Waals surface area (Å²) in [6.45, 7) is 10.4. The lowest BCUT2D eigenvalue weighted by Gasteiger charge is -2.39. The molecule has 1 heterocycles. The van der Waals surface area contributed by atoms with Gasteiger partial charge in [0.1, 0.15) is 0 Å². The molecule has 1 aliphatic heterocycles. The van der Waals surface area contributed by atoms with Crippen molar-refractivity contribution in [1.82, 2.24) is 15.5 Å². The molecule has 2 N–H and O–H groups in total. The van der Waals surface area contributed by atoms with Gasteiger partial charge >= 0.3 is 0 Å². The molecule has 5 heteroatoms. The molecule has 0 radical (unpaired) electrons. The Morgan fingerprint density at radius 3 is 2.52 bits per heavy atom. The largest absolute Gasteiger partial charge is 0.350 e. The number of carbonyl (C=O) groups is 1. The minimum Gasteiger partial charge on any atom is -0.350 e. The third kappa shape index (κ3) is 5.76. The second-order valence-electron chi connectivity index (χ2n) is 7.93. The van der Waals surface area contributed by atoms with E-state index >= 15 is 0 Å². The molecule has 138 valence electrons. The topological polar surface area (TPSA) is 56.7 Å². The Hall–Kier alpha value is -2.04. The van der Waals surface area contributed by atoms with Gasteiger partial charge in [-0.05, 0) is 44.6 Å². The van der Waals surface area contributed by atoms with Gasteiger partial charge in [-0.15, -0.1) is 0 Å². The Bertz CT molecular complexity index is 591. The highest BCUT2D eigenvalue weighted by Crippen LogP contribution is 2.32. The van der Waals surface area contributed by atoms with Crippen molar-refractivity contribution in [1.29, 1.82) is 0 Å². The molecular weight excluding hydrogens is 312 g/mol. The van der Waals surface area contributed by atoms with Crippen molar-refractivity contribution < 1.29 is 4.79 Å². The van der Waals surface area contributed by atoms with Crippen LogP contribution >= 0.6 is 0 Å². The van der Waals surface area contributed by atoms with Gasteiger partial charge in [-0.3, -0.25) is 9.79 Å². The van der Waals surface area contributed by atoms with Crippen molar-refractivity contribution in [3.05, 3.63) is 35.9 Å². The zero-order chi connectivity index (χ0) is 18.4. The summed E-state index contributed by atoms with van der Waals surface area (Å²) in [4.78, 5) is 18.6. The summed E-state index contributed by atoms with van der Waals surface area (Å²) >= 11 is 0. The van der Waals surface area contributed by atoms with E-state index < -0.39 is 0 Å². The Labute approximate surface area is 151 Å². The molecule has 1 aliphatic rings. The fraction of sp³-hybridized carbons (Fsp3) is 0.600. The smallest absolute Gasteiger partial charge is 0.239 e. The Balaban J connectivity index is 1.90. The van der Waals surface area contributed by atoms with Crippen LogP contribution in [0.2, 0.25) is 0 Å². The third-order valence-electron chi connectivity index (χ3n) is 4.57. The molecule has 0 saturated carbocycles. The van der Waals surface area contributed by atoms with Gasteiger partial charge in [0.05, 0.1) is 6.54 Å². The molecule has 0 aromatic heterocycles. The van der Waals surface area contributed by atoms with E-state index in [-0.39, 0.29) is 18.0 Å². The van der Waals surface area contributed by atoms with Crippen molar-refractivity contribution in [3.63, 3.8) is 0 Å². The molecule has 2 unspecified atom stereocenters. The number of likely N-dealkylation sites (tertiary alicyclic amines) is 1. The summed E-state index contributed by atoms with van der Waals surface area (Å²) in [6, 6.07) is 10.7. The molecule has 1 fully saturated rings. The summed E-state index contributed by atoms with van der Waals surface area (Å²) in [5.74, 6) is 1.92. The lowest BCUT2D eigenvalue weighted by atomic mass is 9.82. The lowest BCUT2D eigenvalue weighted by Crippen LogP contribution is -2.51. The van der Waals surface area contributed by atoms with E-state index in [2.05, 4.69) is 57.8 Å². The highest BCUT2D eigenvalue weighted by molar-refractivity contribution is 5.86. The van der Waals surface area contributed by atoms with E-state index in [1.807, 2.05) is 20.8 Å². The number of carbonyl (C=O) groups excluding carboxylic acids is 1. The van der Waals surface area contributed by atoms with Crippen LogP contribution < -0.4 is 10.6 Å². The maximum atomic E-state index is 12.0. The normalized spacial score (nSPS) is 21.8. The first kappa shape index (κ1) is 19.3. The molecular formula is C20H32N4O. The standard InChI is InChI=1S/C20H32N4O/c1-15-14-24(12-11-17(15)16-9-7-6-8-10-16)19(21-5)22-13-18(25)23-20(2,3)4/h6-10,15,17H,11-14H2,1-5H3,(H,21,22)(H,23,25). The fourth-order valence-corrected chi connectivity index (χ4v) is 3.49. The maximum Gasteiger partial charge on any atom is 0.239 e. The molecule has 25 heavy (non-hydrogen) atoms. The molecule has 0 bridgehead atoms. The quantitative estimate of drug-likeness (QED) is 0.655. The number of nitrogens with zero attached hydrogens (tertiary/aromatic N) is 2. The van der Waals surface area contributed by atoms with Gasteiger partial charge in [0.2, 0.25) is 5.91 Å². The lowest BCUT2D eigenvalue weighted by molar-refractivity contribution is -0.121. The molecule has 2 rings (SSSR count). The second-order valence-corrected chi connectivity index (χ2v) is 7.93. The van der Waals surface area contributed by atoms with Gasteiger partial charge in [-0.1, -0.05) is 37.3 Å². The van der Waals surface area contributed by atoms with Crippen LogP contribution in [0.1, 0.15) is 45.6 Å². The minimum atomic E-state index is -0.217. The van der Waals surface area contributed by atoms with E-state index in [4.69, 9.17) is 0 Å². The molecule has 1 saturated heterocycles. The predicted octanol–water partition coefficient (Wildman–Crippen LogP) is 2.60. The molecule has 1 amide bonds. The van der Waals surface area contributed by atoms with E-state index in [1.54, 1.807) is 7.05 Å². The first-order valence-corrected chi connectivity index (χ1v) is 9.11. The van der Waals surface area contributed by atoms with Gasteiger partial charge in [-0.2, -0.15) is 0 Å². The second kappa shape index (κ2) is 8.37.